The summed E-state index contributed by atoms with van der Waals surface area (Å²) < 4.78 is 13.2. The summed E-state index contributed by atoms with van der Waals surface area (Å²) in [5.74, 6) is 4.20. The molecule has 0 aliphatic carbocycles. The van der Waals surface area contributed by atoms with Crippen LogP contribution in [0.4, 0.5) is 5.69 Å². The highest BCUT2D eigenvalue weighted by Gasteiger charge is 2.16. The predicted octanol–water partition coefficient (Wildman–Crippen LogP) is 2.92. The van der Waals surface area contributed by atoms with Crippen molar-refractivity contribution in [3.8, 4) is 0 Å². The molecule has 0 spiro atoms. The third-order valence-electron chi connectivity index (χ3n) is 6.08. The molecule has 0 aromatic heterocycles. The standard InChI is InChI=1S/C27H35N5O2S/c1-21(20-29-26(28)22(2)27(33)30-24-8-6-5-7-9-24)23-10-12-25(13-11-23)35(4,34)19-18-32-16-14-31(3)15-17-32/h5-13,20H,2,4,14-19H2,1,3H3,(H2,28,29)(H,30,33)/b21-20+. The molecule has 3 rings (SSSR count). The van der Waals surface area contributed by atoms with Crippen molar-refractivity contribution in [3.05, 3.63) is 78.5 Å². The molecule has 2 aromatic carbocycles. The number of rotatable bonds is 9. The smallest absolute Gasteiger partial charge is 0.258 e. The van der Waals surface area contributed by atoms with Crippen LogP contribution in [0.15, 0.2) is 82.8 Å². The number of nitrogens with two attached hydrogens (primary N) is 1. The van der Waals surface area contributed by atoms with Gasteiger partial charge in [-0.25, -0.2) is 4.99 Å². The molecule has 2 aromatic rings. The number of benzene rings is 2. The zero-order chi connectivity index (χ0) is 25.4. The molecule has 1 fully saturated rings. The van der Waals surface area contributed by atoms with Gasteiger partial charge in [-0.15, -0.1) is 0 Å². The van der Waals surface area contributed by atoms with E-state index in [0.29, 0.717) is 11.4 Å². The number of nitrogens with one attached hydrogen (secondary N) is 1. The summed E-state index contributed by atoms with van der Waals surface area (Å²) >= 11 is 0. The molecule has 0 radical (unpaired) electrons. The van der Waals surface area contributed by atoms with Crippen molar-refractivity contribution in [2.75, 3.05) is 50.8 Å². The molecule has 1 aliphatic rings. The Morgan fingerprint density at radius 2 is 1.74 bits per heavy atom. The first-order valence-corrected chi connectivity index (χ1v) is 13.5. The normalized spacial score (nSPS) is 17.5. The first-order chi connectivity index (χ1) is 16.7. The van der Waals surface area contributed by atoms with E-state index in [2.05, 4.69) is 39.6 Å². The van der Waals surface area contributed by atoms with Gasteiger partial charge in [-0.2, -0.15) is 0 Å². The largest absolute Gasteiger partial charge is 0.383 e. The van der Waals surface area contributed by atoms with E-state index in [4.69, 9.17) is 5.73 Å². The highest BCUT2D eigenvalue weighted by atomic mass is 32.2. The van der Waals surface area contributed by atoms with Crippen molar-refractivity contribution in [2.24, 2.45) is 10.7 Å². The minimum Gasteiger partial charge on any atom is -0.383 e. The summed E-state index contributed by atoms with van der Waals surface area (Å²) in [6.07, 6.45) is 1.60. The Bertz CT molecular complexity index is 1190. The predicted molar refractivity (Wildman–Crippen MR) is 148 cm³/mol. The van der Waals surface area contributed by atoms with Crippen molar-refractivity contribution < 1.29 is 9.00 Å². The Morgan fingerprint density at radius 3 is 2.37 bits per heavy atom. The fourth-order valence-electron chi connectivity index (χ4n) is 3.59. The molecule has 7 nitrogen and oxygen atoms in total. The average molecular weight is 494 g/mol. The molecule has 35 heavy (non-hydrogen) atoms. The first kappa shape index (κ1) is 26.4. The number of hydrogen-bond acceptors (Lipinski definition) is 5. The fourth-order valence-corrected chi connectivity index (χ4v) is 5.02. The van der Waals surface area contributed by atoms with Gasteiger partial charge in [0.2, 0.25) is 0 Å². The van der Waals surface area contributed by atoms with Gasteiger partial charge in [-0.1, -0.05) is 36.9 Å². The number of amidine groups is 1. The van der Waals surface area contributed by atoms with Gasteiger partial charge >= 0.3 is 0 Å². The van der Waals surface area contributed by atoms with Crippen LogP contribution in [0.1, 0.15) is 12.5 Å². The lowest BCUT2D eigenvalue weighted by molar-refractivity contribution is -0.112. The van der Waals surface area contributed by atoms with Gasteiger partial charge in [-0.05, 0) is 64.8 Å². The van der Waals surface area contributed by atoms with Crippen LogP contribution in [-0.4, -0.2) is 77.1 Å². The number of anilines is 1. The van der Waals surface area contributed by atoms with E-state index in [0.717, 1.165) is 48.8 Å². The maximum Gasteiger partial charge on any atom is 0.258 e. The molecular weight excluding hydrogens is 458 g/mol. The number of para-hydroxylation sites is 1. The maximum atomic E-state index is 13.2. The van der Waals surface area contributed by atoms with Crippen LogP contribution >= 0.6 is 0 Å². The molecule has 1 saturated heterocycles. The number of nitrogens with zero attached hydrogens (tertiary/aromatic N) is 3. The third-order valence-corrected chi connectivity index (χ3v) is 8.06. The second kappa shape index (κ2) is 12.0. The second-order valence-electron chi connectivity index (χ2n) is 8.81. The summed E-state index contributed by atoms with van der Waals surface area (Å²) in [6, 6.07) is 16.6. The van der Waals surface area contributed by atoms with Crippen LogP contribution < -0.4 is 11.1 Å². The van der Waals surface area contributed by atoms with E-state index in [9.17, 15) is 9.00 Å². The number of likely N-dealkylation sites (N-methyl/N-ethyl adjacent to an activating group) is 1. The quantitative estimate of drug-likeness (QED) is 0.243. The Labute approximate surface area is 209 Å². The lowest BCUT2D eigenvalue weighted by Gasteiger charge is -2.32. The number of carbonyl (C=O) groups excluding carboxylic acids is 1. The Balaban J connectivity index is 1.59. The van der Waals surface area contributed by atoms with Crippen LogP contribution in [0.3, 0.4) is 0 Å². The van der Waals surface area contributed by atoms with E-state index >= 15 is 0 Å². The minimum atomic E-state index is -2.37. The van der Waals surface area contributed by atoms with Gasteiger partial charge in [0.25, 0.3) is 5.91 Å². The van der Waals surface area contributed by atoms with E-state index in [1.807, 2.05) is 49.4 Å². The van der Waals surface area contributed by atoms with E-state index in [1.165, 1.54) is 0 Å². The minimum absolute atomic E-state index is 0.0408. The lowest BCUT2D eigenvalue weighted by Crippen LogP contribution is -2.45. The number of allylic oxidation sites excluding steroid dienone is 1. The maximum absolute atomic E-state index is 13.2. The zero-order valence-corrected chi connectivity index (χ0v) is 21.4. The molecule has 0 bridgehead atoms. The monoisotopic (exact) mass is 493 g/mol. The first-order valence-electron chi connectivity index (χ1n) is 11.6. The lowest BCUT2D eigenvalue weighted by atomic mass is 10.1. The Hall–Kier alpha value is -3.20. The zero-order valence-electron chi connectivity index (χ0n) is 20.6. The fraction of sp³-hybridized carbons (Fsp3) is 0.296. The van der Waals surface area contributed by atoms with Crippen LogP contribution in [0, 0.1) is 0 Å². The number of amides is 1. The highest BCUT2D eigenvalue weighted by molar-refractivity contribution is 8.00. The second-order valence-corrected chi connectivity index (χ2v) is 11.3. The Morgan fingerprint density at radius 1 is 1.11 bits per heavy atom. The van der Waals surface area contributed by atoms with Gasteiger partial charge in [0, 0.05) is 55.3 Å². The third kappa shape index (κ3) is 7.65. The van der Waals surface area contributed by atoms with Crippen molar-refractivity contribution >= 4 is 38.4 Å². The van der Waals surface area contributed by atoms with Crippen molar-refractivity contribution in [1.29, 1.82) is 0 Å². The van der Waals surface area contributed by atoms with E-state index in [1.54, 1.807) is 18.3 Å². The number of aliphatic imine (C=N–C) groups is 1. The van der Waals surface area contributed by atoms with Crippen LogP contribution in [0.25, 0.3) is 5.57 Å². The van der Waals surface area contributed by atoms with Crippen molar-refractivity contribution in [1.82, 2.24) is 9.80 Å². The SMILES string of the molecule is C=C(C(=O)Nc1ccccc1)C(N)=N/C=C(\C)c1ccc(S(=C)(=O)CCN2CCN(C)CC2)cc1. The van der Waals surface area contributed by atoms with Crippen LogP contribution in [-0.2, 0) is 14.3 Å². The summed E-state index contributed by atoms with van der Waals surface area (Å²) in [6.45, 7) is 10.5. The van der Waals surface area contributed by atoms with Gasteiger partial charge < -0.3 is 16.0 Å². The summed E-state index contributed by atoms with van der Waals surface area (Å²) in [5.41, 5.74) is 8.48. The average Bonchev–Trinajstić information content (AvgIpc) is 2.87. The molecular formula is C27H35N5O2S. The molecule has 186 valence electrons. The van der Waals surface area contributed by atoms with Gasteiger partial charge in [0.05, 0.1) is 5.57 Å². The summed E-state index contributed by atoms with van der Waals surface area (Å²) in [5, 5.41) is 2.74. The van der Waals surface area contributed by atoms with Gasteiger partial charge in [-0.3, -0.25) is 13.9 Å². The van der Waals surface area contributed by atoms with Crippen molar-refractivity contribution in [2.45, 2.75) is 11.8 Å². The molecule has 1 aliphatic heterocycles. The summed E-state index contributed by atoms with van der Waals surface area (Å²) in [4.78, 5) is 22.0. The molecule has 1 heterocycles. The number of piperazine rings is 1. The summed E-state index contributed by atoms with van der Waals surface area (Å²) in [7, 11) is -0.243. The molecule has 3 N–H and O–H groups in total. The number of hydrogen-bond donors (Lipinski definition) is 2. The molecule has 1 atom stereocenters. The van der Waals surface area contributed by atoms with Crippen LogP contribution in [0.2, 0.25) is 0 Å². The van der Waals surface area contributed by atoms with Crippen molar-refractivity contribution in [3.63, 3.8) is 0 Å². The number of carbonyl (C=O) groups is 1. The van der Waals surface area contributed by atoms with Crippen LogP contribution in [0.5, 0.6) is 0 Å². The van der Waals surface area contributed by atoms with E-state index in [-0.39, 0.29) is 11.4 Å². The van der Waals surface area contributed by atoms with Gasteiger partial charge in [0.15, 0.2) is 0 Å². The molecule has 1 amide bonds. The van der Waals surface area contributed by atoms with E-state index < -0.39 is 15.4 Å². The highest BCUT2D eigenvalue weighted by Crippen LogP contribution is 2.19. The Kier molecular flexibility index (Phi) is 9.03. The van der Waals surface area contributed by atoms with Gasteiger partial charge in [0.1, 0.15) is 5.84 Å². The topological polar surface area (TPSA) is 91.0 Å². The molecule has 0 saturated carbocycles. The molecule has 1 unspecified atom stereocenters. The molecule has 8 heteroatoms.